The van der Waals surface area contributed by atoms with Gasteiger partial charge in [0.25, 0.3) is 0 Å². The molecule has 2 unspecified atom stereocenters. The summed E-state index contributed by atoms with van der Waals surface area (Å²) >= 11 is 1.70. The molecule has 2 fully saturated rings. The van der Waals surface area contributed by atoms with Crippen molar-refractivity contribution in [3.63, 3.8) is 0 Å². The van der Waals surface area contributed by atoms with E-state index in [1.807, 2.05) is 0 Å². The number of carbonyl (C=O) groups excluding carboxylic acids is 1. The zero-order valence-electron chi connectivity index (χ0n) is 12.2. The molecular formula is C15H23N3OS. The lowest BCUT2D eigenvalue weighted by molar-refractivity contribution is -0.133. The molecule has 3 rings (SSSR count). The lowest BCUT2D eigenvalue weighted by atomic mass is 10.0. The molecule has 4 nitrogen and oxygen atoms in total. The minimum atomic E-state index is -0.0143. The molecule has 110 valence electrons. The number of hydrogen-bond donors (Lipinski definition) is 1. The topological polar surface area (TPSA) is 35.6 Å². The first kappa shape index (κ1) is 14.0. The highest BCUT2D eigenvalue weighted by atomic mass is 32.1. The molecule has 20 heavy (non-hydrogen) atoms. The maximum absolute atomic E-state index is 12.7. The third-order valence-corrected chi connectivity index (χ3v) is 5.24. The standard InChI is InChI=1S/C15H23N3OS/c1-3-13-15(19)18(12-4-7-17(2)8-5-12)14(16-13)11-6-9-20-10-11/h6,9-10,12-14,16H,3-5,7-8H2,1-2H3. The second-order valence-electron chi connectivity index (χ2n) is 5.87. The van der Waals surface area contributed by atoms with Gasteiger partial charge >= 0.3 is 0 Å². The van der Waals surface area contributed by atoms with Gasteiger partial charge in [0.1, 0.15) is 6.17 Å². The van der Waals surface area contributed by atoms with Crippen molar-refractivity contribution >= 4 is 17.2 Å². The second-order valence-corrected chi connectivity index (χ2v) is 6.65. The van der Waals surface area contributed by atoms with Crippen LogP contribution < -0.4 is 5.32 Å². The normalized spacial score (nSPS) is 29.3. The summed E-state index contributed by atoms with van der Waals surface area (Å²) in [4.78, 5) is 17.2. The molecule has 1 aromatic rings. The summed E-state index contributed by atoms with van der Waals surface area (Å²) in [7, 11) is 2.16. The van der Waals surface area contributed by atoms with Crippen LogP contribution in [0.1, 0.15) is 37.9 Å². The highest BCUT2D eigenvalue weighted by molar-refractivity contribution is 7.07. The van der Waals surface area contributed by atoms with Crippen molar-refractivity contribution in [2.75, 3.05) is 20.1 Å². The summed E-state index contributed by atoms with van der Waals surface area (Å²) in [5.74, 6) is 0.290. The third-order valence-electron chi connectivity index (χ3n) is 4.54. The summed E-state index contributed by atoms with van der Waals surface area (Å²) in [6, 6.07) is 2.50. The van der Waals surface area contributed by atoms with E-state index >= 15 is 0 Å². The van der Waals surface area contributed by atoms with Gasteiger partial charge in [-0.3, -0.25) is 10.1 Å². The van der Waals surface area contributed by atoms with E-state index in [9.17, 15) is 4.79 Å². The van der Waals surface area contributed by atoms with Crippen LogP contribution in [0.4, 0.5) is 0 Å². The number of nitrogens with zero attached hydrogens (tertiary/aromatic N) is 2. The molecule has 1 N–H and O–H groups in total. The van der Waals surface area contributed by atoms with Gasteiger partial charge in [0.15, 0.2) is 0 Å². The van der Waals surface area contributed by atoms with Crippen molar-refractivity contribution in [3.05, 3.63) is 22.4 Å². The van der Waals surface area contributed by atoms with Crippen LogP contribution in [-0.4, -0.2) is 47.9 Å². The van der Waals surface area contributed by atoms with Gasteiger partial charge in [0, 0.05) is 6.04 Å². The van der Waals surface area contributed by atoms with Gasteiger partial charge in [-0.15, -0.1) is 0 Å². The molecule has 0 radical (unpaired) electrons. The molecule has 2 saturated heterocycles. The van der Waals surface area contributed by atoms with E-state index < -0.39 is 0 Å². The van der Waals surface area contributed by atoms with Gasteiger partial charge in [-0.2, -0.15) is 11.3 Å². The van der Waals surface area contributed by atoms with Gasteiger partial charge < -0.3 is 9.80 Å². The van der Waals surface area contributed by atoms with Crippen molar-refractivity contribution in [3.8, 4) is 0 Å². The predicted octanol–water partition coefficient (Wildman–Crippen LogP) is 2.05. The van der Waals surface area contributed by atoms with E-state index in [-0.39, 0.29) is 12.2 Å². The largest absolute Gasteiger partial charge is 0.318 e. The van der Waals surface area contributed by atoms with Gasteiger partial charge in [-0.25, -0.2) is 0 Å². The molecule has 2 aliphatic heterocycles. The van der Waals surface area contributed by atoms with E-state index in [0.717, 1.165) is 32.4 Å². The Morgan fingerprint density at radius 1 is 1.40 bits per heavy atom. The molecule has 0 bridgehead atoms. The molecular weight excluding hydrogens is 270 g/mol. The Hall–Kier alpha value is -0.910. The summed E-state index contributed by atoms with van der Waals surface area (Å²) in [6.45, 7) is 4.25. The fraction of sp³-hybridized carbons (Fsp3) is 0.667. The highest BCUT2D eigenvalue weighted by Crippen LogP contribution is 2.32. The zero-order valence-corrected chi connectivity index (χ0v) is 13.0. The second kappa shape index (κ2) is 5.84. The average Bonchev–Trinajstić information content (AvgIpc) is 3.07. The van der Waals surface area contributed by atoms with Gasteiger partial charge in [0.2, 0.25) is 5.91 Å². The van der Waals surface area contributed by atoms with Gasteiger partial charge in [-0.05, 0) is 61.8 Å². The van der Waals surface area contributed by atoms with E-state index in [1.165, 1.54) is 5.56 Å². The van der Waals surface area contributed by atoms with Crippen molar-refractivity contribution < 1.29 is 4.79 Å². The molecule has 2 atom stereocenters. The molecule has 0 saturated carbocycles. The van der Waals surface area contributed by atoms with Gasteiger partial charge in [-0.1, -0.05) is 6.92 Å². The summed E-state index contributed by atoms with van der Waals surface area (Å²) in [5, 5.41) is 7.77. The average molecular weight is 293 g/mol. The fourth-order valence-electron chi connectivity index (χ4n) is 3.29. The Kier molecular flexibility index (Phi) is 4.10. The maximum Gasteiger partial charge on any atom is 0.241 e. The molecule has 1 aromatic heterocycles. The van der Waals surface area contributed by atoms with Crippen molar-refractivity contribution in [2.45, 2.75) is 44.4 Å². The number of carbonyl (C=O) groups is 1. The Labute approximate surface area is 124 Å². The monoisotopic (exact) mass is 293 g/mol. The SMILES string of the molecule is CCC1NC(c2ccsc2)N(C2CCN(C)CC2)C1=O. The number of hydrogen-bond acceptors (Lipinski definition) is 4. The molecule has 0 aliphatic carbocycles. The summed E-state index contributed by atoms with van der Waals surface area (Å²) in [6.07, 6.45) is 3.11. The zero-order chi connectivity index (χ0) is 14.1. The highest BCUT2D eigenvalue weighted by Gasteiger charge is 2.42. The number of thiophene rings is 1. The predicted molar refractivity (Wildman–Crippen MR) is 81.6 cm³/mol. The Morgan fingerprint density at radius 2 is 2.15 bits per heavy atom. The van der Waals surface area contributed by atoms with Crippen LogP contribution in [0.25, 0.3) is 0 Å². The lowest BCUT2D eigenvalue weighted by Gasteiger charge is -2.37. The van der Waals surface area contributed by atoms with Crippen LogP contribution in [0.5, 0.6) is 0 Å². The van der Waals surface area contributed by atoms with E-state index in [2.05, 4.69) is 45.9 Å². The van der Waals surface area contributed by atoms with Crippen molar-refractivity contribution in [1.82, 2.24) is 15.1 Å². The summed E-state index contributed by atoms with van der Waals surface area (Å²) < 4.78 is 0. The number of piperidine rings is 1. The number of rotatable bonds is 3. The minimum absolute atomic E-state index is 0.0143. The fourth-order valence-corrected chi connectivity index (χ4v) is 3.97. The lowest BCUT2D eigenvalue weighted by Crippen LogP contribution is -2.46. The first-order valence-corrected chi connectivity index (χ1v) is 8.44. The van der Waals surface area contributed by atoms with Crippen molar-refractivity contribution in [1.29, 1.82) is 0 Å². The van der Waals surface area contributed by atoms with Crippen LogP contribution in [0, 0.1) is 0 Å². The Bertz CT molecular complexity index is 454. The first-order valence-electron chi connectivity index (χ1n) is 7.49. The van der Waals surface area contributed by atoms with Crippen LogP contribution in [0.3, 0.4) is 0 Å². The van der Waals surface area contributed by atoms with E-state index in [4.69, 9.17) is 0 Å². The van der Waals surface area contributed by atoms with Crippen molar-refractivity contribution in [2.24, 2.45) is 0 Å². The van der Waals surface area contributed by atoms with E-state index in [1.54, 1.807) is 11.3 Å². The Balaban J connectivity index is 1.82. The van der Waals surface area contributed by atoms with Crippen LogP contribution in [0.15, 0.2) is 16.8 Å². The molecule has 3 heterocycles. The molecule has 5 heteroatoms. The summed E-state index contributed by atoms with van der Waals surface area (Å²) in [5.41, 5.74) is 1.23. The van der Waals surface area contributed by atoms with Crippen LogP contribution in [0.2, 0.25) is 0 Å². The molecule has 0 spiro atoms. The number of amides is 1. The quantitative estimate of drug-likeness (QED) is 0.926. The number of likely N-dealkylation sites (tertiary alicyclic amines) is 1. The van der Waals surface area contributed by atoms with Gasteiger partial charge in [0.05, 0.1) is 6.04 Å². The molecule has 0 aromatic carbocycles. The molecule has 1 amide bonds. The smallest absolute Gasteiger partial charge is 0.241 e. The Morgan fingerprint density at radius 3 is 2.75 bits per heavy atom. The van der Waals surface area contributed by atoms with Crippen LogP contribution >= 0.6 is 11.3 Å². The van der Waals surface area contributed by atoms with E-state index in [0.29, 0.717) is 11.9 Å². The molecule has 2 aliphatic rings. The maximum atomic E-state index is 12.7. The van der Waals surface area contributed by atoms with Crippen LogP contribution in [-0.2, 0) is 4.79 Å². The third kappa shape index (κ3) is 2.50. The first-order chi connectivity index (χ1) is 9.70. The minimum Gasteiger partial charge on any atom is -0.318 e. The number of nitrogens with one attached hydrogen (secondary N) is 1.